The van der Waals surface area contributed by atoms with Crippen LogP contribution >= 0.6 is 0 Å². The Morgan fingerprint density at radius 2 is 2.06 bits per heavy atom. The number of hydrogen-bond donors (Lipinski definition) is 2. The Bertz CT molecular complexity index is 473. The maximum Gasteiger partial charge on any atom is 0.153 e. The molecule has 0 bridgehead atoms. The summed E-state index contributed by atoms with van der Waals surface area (Å²) in [6, 6.07) is 3.36. The van der Waals surface area contributed by atoms with E-state index in [1.165, 1.54) is 0 Å². The molecule has 0 aliphatic heterocycles. The minimum absolute atomic E-state index is 0.302. The zero-order valence-corrected chi connectivity index (χ0v) is 8.80. The summed E-state index contributed by atoms with van der Waals surface area (Å²) >= 11 is 0. The van der Waals surface area contributed by atoms with Gasteiger partial charge in [0.05, 0.1) is 5.70 Å². The lowest BCUT2D eigenvalue weighted by atomic mass is 10.1. The van der Waals surface area contributed by atoms with Crippen molar-refractivity contribution in [3.05, 3.63) is 36.1 Å². The van der Waals surface area contributed by atoms with E-state index in [0.29, 0.717) is 17.3 Å². The van der Waals surface area contributed by atoms with Crippen LogP contribution in [-0.4, -0.2) is 4.98 Å². The van der Waals surface area contributed by atoms with Gasteiger partial charge in [0.25, 0.3) is 0 Å². The lowest BCUT2D eigenvalue weighted by Gasteiger charge is -2.02. The Morgan fingerprint density at radius 3 is 2.75 bits per heavy atom. The summed E-state index contributed by atoms with van der Waals surface area (Å²) in [7, 11) is 0. The summed E-state index contributed by atoms with van der Waals surface area (Å²) in [5, 5.41) is 8.17. The second kappa shape index (κ2) is 4.57. The third-order valence-electron chi connectivity index (χ3n) is 2.20. The first-order valence-electron chi connectivity index (χ1n) is 5.05. The van der Waals surface area contributed by atoms with E-state index in [-0.39, 0.29) is 0 Å². The van der Waals surface area contributed by atoms with Crippen LogP contribution in [0.4, 0.5) is 17.3 Å². The molecule has 1 aliphatic carbocycles. The van der Waals surface area contributed by atoms with Gasteiger partial charge in [-0.2, -0.15) is 5.11 Å². The minimum atomic E-state index is 0.302. The van der Waals surface area contributed by atoms with Crippen molar-refractivity contribution in [3.63, 3.8) is 0 Å². The van der Waals surface area contributed by atoms with Gasteiger partial charge in [-0.1, -0.05) is 12.2 Å². The van der Waals surface area contributed by atoms with E-state index in [1.54, 1.807) is 12.1 Å². The SMILES string of the molecule is Nc1ccc(N=NC2=CC=CCC2)c(N)n1. The van der Waals surface area contributed by atoms with Gasteiger partial charge in [0.15, 0.2) is 5.82 Å². The molecule has 16 heavy (non-hydrogen) atoms. The van der Waals surface area contributed by atoms with Crippen LogP contribution < -0.4 is 11.5 Å². The van der Waals surface area contributed by atoms with Gasteiger partial charge in [0.2, 0.25) is 0 Å². The van der Waals surface area contributed by atoms with Gasteiger partial charge in [0.1, 0.15) is 11.5 Å². The Morgan fingerprint density at radius 1 is 1.19 bits per heavy atom. The zero-order valence-electron chi connectivity index (χ0n) is 8.80. The number of nitrogens with two attached hydrogens (primary N) is 2. The first-order chi connectivity index (χ1) is 7.75. The molecule has 0 saturated heterocycles. The summed E-state index contributed by atoms with van der Waals surface area (Å²) in [5.74, 6) is 0.687. The van der Waals surface area contributed by atoms with Crippen LogP contribution in [-0.2, 0) is 0 Å². The number of aromatic nitrogens is 1. The molecule has 0 amide bonds. The summed E-state index contributed by atoms with van der Waals surface area (Å²) < 4.78 is 0. The van der Waals surface area contributed by atoms with Crippen LogP contribution in [0, 0.1) is 0 Å². The van der Waals surface area contributed by atoms with Gasteiger partial charge in [-0.15, -0.1) is 5.11 Å². The molecule has 1 aliphatic rings. The third-order valence-corrected chi connectivity index (χ3v) is 2.20. The molecule has 1 aromatic rings. The fraction of sp³-hybridized carbons (Fsp3) is 0.182. The fourth-order valence-electron chi connectivity index (χ4n) is 1.36. The summed E-state index contributed by atoms with van der Waals surface area (Å²) in [6.07, 6.45) is 7.91. The van der Waals surface area contributed by atoms with Crippen molar-refractivity contribution in [2.75, 3.05) is 11.5 Å². The average molecular weight is 215 g/mol. The fourth-order valence-corrected chi connectivity index (χ4v) is 1.36. The highest BCUT2D eigenvalue weighted by Crippen LogP contribution is 2.23. The third kappa shape index (κ3) is 2.44. The highest BCUT2D eigenvalue weighted by molar-refractivity contribution is 5.59. The van der Waals surface area contributed by atoms with Crippen molar-refractivity contribution in [1.29, 1.82) is 0 Å². The van der Waals surface area contributed by atoms with E-state index in [1.807, 2.05) is 12.2 Å². The van der Waals surface area contributed by atoms with E-state index < -0.39 is 0 Å². The Hall–Kier alpha value is -2.17. The average Bonchev–Trinajstić information content (AvgIpc) is 2.29. The van der Waals surface area contributed by atoms with Gasteiger partial charge in [-0.05, 0) is 31.1 Å². The lowest BCUT2D eigenvalue weighted by molar-refractivity contribution is 0.911. The molecule has 0 saturated carbocycles. The molecule has 4 N–H and O–H groups in total. The van der Waals surface area contributed by atoms with E-state index >= 15 is 0 Å². The molecule has 82 valence electrons. The Kier molecular flexibility index (Phi) is 2.95. The smallest absolute Gasteiger partial charge is 0.153 e. The minimum Gasteiger partial charge on any atom is -0.384 e. The number of allylic oxidation sites excluding steroid dienone is 4. The van der Waals surface area contributed by atoms with E-state index in [4.69, 9.17) is 11.5 Å². The Labute approximate surface area is 93.6 Å². The van der Waals surface area contributed by atoms with Crippen LogP contribution in [0.25, 0.3) is 0 Å². The molecule has 5 heteroatoms. The van der Waals surface area contributed by atoms with Crippen LogP contribution in [0.1, 0.15) is 12.8 Å². The van der Waals surface area contributed by atoms with Crippen molar-refractivity contribution < 1.29 is 0 Å². The van der Waals surface area contributed by atoms with Gasteiger partial charge in [0, 0.05) is 0 Å². The summed E-state index contributed by atoms with van der Waals surface area (Å²) in [4.78, 5) is 3.91. The van der Waals surface area contributed by atoms with Gasteiger partial charge >= 0.3 is 0 Å². The monoisotopic (exact) mass is 215 g/mol. The van der Waals surface area contributed by atoms with Gasteiger partial charge < -0.3 is 11.5 Å². The maximum absolute atomic E-state index is 5.66. The van der Waals surface area contributed by atoms with Crippen molar-refractivity contribution in [3.8, 4) is 0 Å². The highest BCUT2D eigenvalue weighted by atomic mass is 15.1. The van der Waals surface area contributed by atoms with E-state index in [0.717, 1.165) is 18.5 Å². The number of azo groups is 1. The second-order valence-electron chi connectivity index (χ2n) is 3.47. The van der Waals surface area contributed by atoms with Crippen LogP contribution in [0.5, 0.6) is 0 Å². The molecule has 2 rings (SSSR count). The largest absolute Gasteiger partial charge is 0.384 e. The Balaban J connectivity index is 2.17. The predicted molar refractivity (Wildman–Crippen MR) is 64.0 cm³/mol. The first-order valence-corrected chi connectivity index (χ1v) is 5.05. The molecule has 0 fully saturated rings. The van der Waals surface area contributed by atoms with Crippen LogP contribution in [0.2, 0.25) is 0 Å². The molecule has 0 aromatic carbocycles. The van der Waals surface area contributed by atoms with Crippen molar-refractivity contribution in [2.24, 2.45) is 10.2 Å². The molecule has 0 atom stereocenters. The molecule has 0 spiro atoms. The lowest BCUT2D eigenvalue weighted by Crippen LogP contribution is -1.95. The van der Waals surface area contributed by atoms with Crippen molar-refractivity contribution in [1.82, 2.24) is 4.98 Å². The summed E-state index contributed by atoms with van der Waals surface area (Å²) in [6.45, 7) is 0. The van der Waals surface area contributed by atoms with Crippen LogP contribution in [0.3, 0.4) is 0 Å². The van der Waals surface area contributed by atoms with Crippen molar-refractivity contribution >= 4 is 17.3 Å². The standard InChI is InChI=1S/C11H13N5/c12-10-7-6-9(11(13)14-10)16-15-8-4-2-1-3-5-8/h1-2,4,6-7H,3,5H2,(H4,12,13,14). The normalized spacial score (nSPS) is 15.4. The second-order valence-corrected chi connectivity index (χ2v) is 3.47. The molecule has 0 unspecified atom stereocenters. The highest BCUT2D eigenvalue weighted by Gasteiger charge is 2.01. The zero-order chi connectivity index (χ0) is 11.4. The number of anilines is 2. The number of hydrogen-bond acceptors (Lipinski definition) is 5. The molecule has 0 radical (unpaired) electrons. The summed E-state index contributed by atoms with van der Waals surface area (Å²) in [5.41, 5.74) is 12.6. The molecular weight excluding hydrogens is 202 g/mol. The number of nitrogens with zero attached hydrogens (tertiary/aromatic N) is 3. The number of nitrogen functional groups attached to an aromatic ring is 2. The quantitative estimate of drug-likeness (QED) is 0.743. The maximum atomic E-state index is 5.66. The van der Waals surface area contributed by atoms with Gasteiger partial charge in [-0.3, -0.25) is 0 Å². The number of pyridine rings is 1. The van der Waals surface area contributed by atoms with Crippen LogP contribution in [0.15, 0.2) is 46.3 Å². The van der Waals surface area contributed by atoms with Gasteiger partial charge in [-0.25, -0.2) is 4.98 Å². The molecule has 1 heterocycles. The van der Waals surface area contributed by atoms with E-state index in [2.05, 4.69) is 21.3 Å². The molecular formula is C11H13N5. The predicted octanol–water partition coefficient (Wildman–Crippen LogP) is 2.56. The molecule has 1 aromatic heterocycles. The van der Waals surface area contributed by atoms with E-state index in [9.17, 15) is 0 Å². The topological polar surface area (TPSA) is 89.6 Å². The first kappa shape index (κ1) is 10.4. The van der Waals surface area contributed by atoms with Crippen molar-refractivity contribution in [2.45, 2.75) is 12.8 Å². The molecule has 5 nitrogen and oxygen atoms in total. The number of rotatable bonds is 2.